The first-order chi connectivity index (χ1) is 15.8. The molecule has 2 aliphatic rings. The van der Waals surface area contributed by atoms with Gasteiger partial charge in [0.25, 0.3) is 0 Å². The lowest BCUT2D eigenvalue weighted by molar-refractivity contribution is -0.118. The lowest BCUT2D eigenvalue weighted by atomic mass is 9.75. The van der Waals surface area contributed by atoms with Gasteiger partial charge in [-0.2, -0.15) is 0 Å². The molecule has 1 aromatic heterocycles. The molecule has 1 atom stereocenters. The molecular weight excluding hydrogens is 420 g/mol. The zero-order valence-electron chi connectivity index (χ0n) is 19.4. The zero-order valence-corrected chi connectivity index (χ0v) is 19.4. The summed E-state index contributed by atoms with van der Waals surface area (Å²) in [6, 6.07) is 9.95. The SMILES string of the molecule is CCON=C(CCc1noc2c1C(=O)CC(c1ccccc1)C2)C1=C(O)CC(C)(C)CC1=O. The summed E-state index contributed by atoms with van der Waals surface area (Å²) >= 11 is 0. The number of rotatable bonds is 7. The van der Waals surface area contributed by atoms with E-state index >= 15 is 0 Å². The number of aliphatic hydroxyl groups is 1. The number of allylic oxidation sites excluding steroid dienone is 2. The maximum absolute atomic E-state index is 13.0. The molecule has 0 saturated heterocycles. The number of benzene rings is 1. The number of aliphatic hydroxyl groups excluding tert-OH is 1. The van der Waals surface area contributed by atoms with Gasteiger partial charge in [-0.3, -0.25) is 9.59 Å². The number of hydrogen-bond donors (Lipinski definition) is 1. The third kappa shape index (κ3) is 4.92. The average Bonchev–Trinajstić information content (AvgIpc) is 3.18. The number of nitrogens with zero attached hydrogens (tertiary/aromatic N) is 2. The van der Waals surface area contributed by atoms with Crippen molar-refractivity contribution >= 4 is 17.3 Å². The van der Waals surface area contributed by atoms with Gasteiger partial charge in [-0.25, -0.2) is 0 Å². The van der Waals surface area contributed by atoms with Crippen molar-refractivity contribution in [2.24, 2.45) is 10.6 Å². The van der Waals surface area contributed by atoms with Gasteiger partial charge >= 0.3 is 0 Å². The fourth-order valence-electron chi connectivity index (χ4n) is 4.78. The van der Waals surface area contributed by atoms with E-state index in [4.69, 9.17) is 9.36 Å². The Morgan fingerprint density at radius 1 is 1.18 bits per heavy atom. The Bertz CT molecular complexity index is 1110. The smallest absolute Gasteiger partial charge is 0.168 e. The highest BCUT2D eigenvalue weighted by molar-refractivity contribution is 6.23. The molecule has 1 N–H and O–H groups in total. The van der Waals surface area contributed by atoms with E-state index in [1.165, 1.54) is 0 Å². The predicted molar refractivity (Wildman–Crippen MR) is 123 cm³/mol. The molecule has 33 heavy (non-hydrogen) atoms. The van der Waals surface area contributed by atoms with Crippen molar-refractivity contribution in [3.8, 4) is 0 Å². The molecule has 2 aliphatic carbocycles. The first-order valence-electron chi connectivity index (χ1n) is 11.5. The number of carbonyl (C=O) groups is 2. The lowest BCUT2D eigenvalue weighted by Crippen LogP contribution is -2.29. The highest BCUT2D eigenvalue weighted by atomic mass is 16.6. The third-order valence-corrected chi connectivity index (χ3v) is 6.29. The normalized spacial score (nSPS) is 20.7. The Morgan fingerprint density at radius 3 is 2.64 bits per heavy atom. The van der Waals surface area contributed by atoms with Crippen LogP contribution >= 0.6 is 0 Å². The van der Waals surface area contributed by atoms with Gasteiger partial charge in [0.2, 0.25) is 0 Å². The Kier molecular flexibility index (Phi) is 6.49. The molecule has 0 aliphatic heterocycles. The number of hydrogen-bond acceptors (Lipinski definition) is 7. The van der Waals surface area contributed by atoms with Crippen LogP contribution in [0.4, 0.5) is 0 Å². The zero-order chi connectivity index (χ0) is 23.6. The highest BCUT2D eigenvalue weighted by Crippen LogP contribution is 2.37. The second-order valence-electron chi connectivity index (χ2n) is 9.58. The van der Waals surface area contributed by atoms with Crippen molar-refractivity contribution in [1.29, 1.82) is 0 Å². The molecule has 0 amide bonds. The Labute approximate surface area is 193 Å². The van der Waals surface area contributed by atoms with Gasteiger partial charge in [-0.15, -0.1) is 0 Å². The van der Waals surface area contributed by atoms with E-state index in [9.17, 15) is 14.7 Å². The van der Waals surface area contributed by atoms with Crippen LogP contribution in [0.2, 0.25) is 0 Å². The minimum Gasteiger partial charge on any atom is -0.511 e. The molecule has 4 rings (SSSR count). The summed E-state index contributed by atoms with van der Waals surface area (Å²) in [5.74, 6) is 0.593. The van der Waals surface area contributed by atoms with E-state index in [-0.39, 0.29) is 34.2 Å². The van der Waals surface area contributed by atoms with Crippen LogP contribution in [-0.4, -0.2) is 34.1 Å². The molecule has 0 spiro atoms. The first kappa shape index (κ1) is 23.0. The molecule has 0 fully saturated rings. The molecule has 0 bridgehead atoms. The fourth-order valence-corrected chi connectivity index (χ4v) is 4.78. The van der Waals surface area contributed by atoms with Crippen LogP contribution < -0.4 is 0 Å². The standard InChI is InChI=1S/C26H30N2O5/c1-4-32-27-18(24-21(30)14-26(2,3)15-22(24)31)10-11-19-25-20(29)12-17(13-23(25)33-28-19)16-8-6-5-7-9-16/h5-9,17,30H,4,10-15H2,1-3H3. The van der Waals surface area contributed by atoms with Crippen LogP contribution in [0.5, 0.6) is 0 Å². The Morgan fingerprint density at radius 2 is 1.94 bits per heavy atom. The molecule has 0 saturated carbocycles. The summed E-state index contributed by atoms with van der Waals surface area (Å²) in [4.78, 5) is 31.0. The van der Waals surface area contributed by atoms with Gasteiger partial charge in [0.05, 0.1) is 22.5 Å². The van der Waals surface area contributed by atoms with E-state index in [1.54, 1.807) is 6.92 Å². The fraction of sp³-hybridized carbons (Fsp3) is 0.462. The summed E-state index contributed by atoms with van der Waals surface area (Å²) in [6.45, 7) is 6.05. The van der Waals surface area contributed by atoms with Crippen molar-refractivity contribution < 1.29 is 24.1 Å². The molecule has 1 unspecified atom stereocenters. The summed E-state index contributed by atoms with van der Waals surface area (Å²) in [5.41, 5.74) is 2.55. The maximum Gasteiger partial charge on any atom is 0.168 e. The Balaban J connectivity index is 1.54. The van der Waals surface area contributed by atoms with Crippen LogP contribution in [-0.2, 0) is 22.5 Å². The lowest BCUT2D eigenvalue weighted by Gasteiger charge is -2.29. The molecule has 7 nitrogen and oxygen atoms in total. The van der Waals surface area contributed by atoms with E-state index in [1.807, 2.05) is 44.2 Å². The van der Waals surface area contributed by atoms with E-state index in [0.717, 1.165) is 5.56 Å². The van der Waals surface area contributed by atoms with Crippen molar-refractivity contribution in [3.63, 3.8) is 0 Å². The van der Waals surface area contributed by atoms with Crippen LogP contribution in [0.25, 0.3) is 0 Å². The Hall–Kier alpha value is -3.22. The quantitative estimate of drug-likeness (QED) is 0.464. The van der Waals surface area contributed by atoms with Gasteiger partial charge in [0.1, 0.15) is 18.1 Å². The minimum absolute atomic E-state index is 0.0159. The number of Topliss-reactive ketones (excluding diaryl/α,β-unsaturated/α-hetero) is 2. The number of aromatic nitrogens is 1. The summed E-state index contributed by atoms with van der Waals surface area (Å²) in [6.07, 6.45) is 2.43. The number of fused-ring (bicyclic) bond motifs is 1. The topological polar surface area (TPSA) is 102 Å². The van der Waals surface area contributed by atoms with Crippen LogP contribution in [0.1, 0.15) is 79.7 Å². The van der Waals surface area contributed by atoms with Crippen molar-refractivity contribution in [2.45, 2.75) is 65.2 Å². The minimum atomic E-state index is -0.297. The summed E-state index contributed by atoms with van der Waals surface area (Å²) < 4.78 is 5.57. The largest absolute Gasteiger partial charge is 0.511 e. The molecule has 174 valence electrons. The monoisotopic (exact) mass is 450 g/mol. The molecule has 7 heteroatoms. The van der Waals surface area contributed by atoms with Crippen molar-refractivity contribution in [3.05, 3.63) is 64.2 Å². The first-order valence-corrected chi connectivity index (χ1v) is 11.5. The molecule has 0 radical (unpaired) electrons. The van der Waals surface area contributed by atoms with Crippen molar-refractivity contribution in [1.82, 2.24) is 5.16 Å². The van der Waals surface area contributed by atoms with Crippen LogP contribution in [0, 0.1) is 5.41 Å². The van der Waals surface area contributed by atoms with E-state index in [0.29, 0.717) is 67.9 Å². The van der Waals surface area contributed by atoms with Gasteiger partial charge in [0.15, 0.2) is 11.6 Å². The van der Waals surface area contributed by atoms with E-state index < -0.39 is 0 Å². The van der Waals surface area contributed by atoms with Gasteiger partial charge in [0, 0.05) is 25.7 Å². The number of carbonyl (C=O) groups excluding carboxylic acids is 2. The highest BCUT2D eigenvalue weighted by Gasteiger charge is 2.36. The second kappa shape index (κ2) is 9.33. The molecule has 2 aromatic rings. The average molecular weight is 451 g/mol. The number of oxime groups is 1. The molecule has 1 heterocycles. The summed E-state index contributed by atoms with van der Waals surface area (Å²) in [7, 11) is 0. The third-order valence-electron chi connectivity index (χ3n) is 6.29. The van der Waals surface area contributed by atoms with Gasteiger partial charge < -0.3 is 14.5 Å². The van der Waals surface area contributed by atoms with Gasteiger partial charge in [-0.1, -0.05) is 54.5 Å². The maximum atomic E-state index is 13.0. The molecule has 1 aromatic carbocycles. The summed E-state index contributed by atoms with van der Waals surface area (Å²) in [5, 5.41) is 18.9. The number of ketones is 2. The number of aryl methyl sites for hydroxylation is 1. The predicted octanol–water partition coefficient (Wildman–Crippen LogP) is 5.11. The van der Waals surface area contributed by atoms with Crippen LogP contribution in [0.15, 0.2) is 51.3 Å². The van der Waals surface area contributed by atoms with Gasteiger partial charge in [-0.05, 0) is 36.7 Å². The van der Waals surface area contributed by atoms with E-state index in [2.05, 4.69) is 10.3 Å². The van der Waals surface area contributed by atoms with Crippen LogP contribution in [0.3, 0.4) is 0 Å². The van der Waals surface area contributed by atoms with Crippen molar-refractivity contribution in [2.75, 3.05) is 6.61 Å². The molecular formula is C26H30N2O5. The second-order valence-corrected chi connectivity index (χ2v) is 9.58.